The quantitative estimate of drug-likeness (QED) is 0.409. The highest BCUT2D eigenvalue weighted by Gasteiger charge is 2.26. The van der Waals surface area contributed by atoms with Gasteiger partial charge in [-0.25, -0.2) is 13.8 Å². The summed E-state index contributed by atoms with van der Waals surface area (Å²) in [7, 11) is 0. The van der Waals surface area contributed by atoms with Gasteiger partial charge in [0.1, 0.15) is 23.0 Å². The molecule has 0 saturated carbocycles. The maximum atomic E-state index is 13.9. The minimum Gasteiger partial charge on any atom is -0.503 e. The van der Waals surface area contributed by atoms with Gasteiger partial charge in [-0.05, 0) is 31.5 Å². The Morgan fingerprint density at radius 3 is 2.78 bits per heavy atom. The molecule has 3 heterocycles. The highest BCUT2D eigenvalue weighted by Crippen LogP contribution is 2.16. The molecule has 0 bridgehead atoms. The van der Waals surface area contributed by atoms with E-state index in [1.54, 1.807) is 19.3 Å². The minimum absolute atomic E-state index is 0.0172. The third-order valence-corrected chi connectivity index (χ3v) is 5.99. The van der Waals surface area contributed by atoms with Crippen molar-refractivity contribution in [3.05, 3.63) is 87.2 Å². The molecule has 2 amide bonds. The van der Waals surface area contributed by atoms with Gasteiger partial charge in [-0.15, -0.1) is 0 Å². The van der Waals surface area contributed by atoms with Crippen LogP contribution in [0.2, 0.25) is 0 Å². The Morgan fingerprint density at radius 1 is 1.24 bits per heavy atom. The van der Waals surface area contributed by atoms with Gasteiger partial charge in [0, 0.05) is 50.0 Å². The molecule has 0 fully saturated rings. The summed E-state index contributed by atoms with van der Waals surface area (Å²) < 4.78 is 33.8. The van der Waals surface area contributed by atoms with E-state index in [2.05, 4.69) is 16.1 Å². The van der Waals surface area contributed by atoms with Crippen LogP contribution in [0.5, 0.6) is 5.75 Å². The maximum absolute atomic E-state index is 13.9. The number of amides is 2. The van der Waals surface area contributed by atoms with E-state index < -0.39 is 40.2 Å². The van der Waals surface area contributed by atoms with Gasteiger partial charge >= 0.3 is 0 Å². The standard InChI is InChI=1S/C25H27F2N5O5/c1-15-6-8-32(13-18-3-2-10-37-18)29-7-9-31-14-19(22(33)23(34)21(31)25(36)30-15)24(35)28-12-16-4-5-17(26)11-20(16)27/h2-5,10-11,14-15,29,34H,6-9,12-13H2,1H3,(H,28,35)(H,30,36). The predicted octanol–water partition coefficient (Wildman–Crippen LogP) is 1.88. The number of hydrazine groups is 1. The number of hydrogen-bond donors (Lipinski definition) is 4. The monoisotopic (exact) mass is 515 g/mol. The number of aromatic nitrogens is 1. The Morgan fingerprint density at radius 2 is 2.05 bits per heavy atom. The number of fused-ring (bicyclic) bond motifs is 1. The van der Waals surface area contributed by atoms with Crippen LogP contribution < -0.4 is 21.5 Å². The van der Waals surface area contributed by atoms with Crippen LogP contribution in [0, 0.1) is 11.6 Å². The first kappa shape index (κ1) is 26.0. The molecule has 0 radical (unpaired) electrons. The molecule has 1 aliphatic rings. The van der Waals surface area contributed by atoms with Crippen molar-refractivity contribution in [1.29, 1.82) is 0 Å². The molecule has 12 heteroatoms. The second-order valence-electron chi connectivity index (χ2n) is 8.75. The topological polar surface area (TPSA) is 129 Å². The number of aromatic hydroxyl groups is 1. The average molecular weight is 516 g/mol. The number of furan rings is 1. The molecule has 37 heavy (non-hydrogen) atoms. The lowest BCUT2D eigenvalue weighted by molar-refractivity contribution is 0.0914. The molecule has 4 N–H and O–H groups in total. The van der Waals surface area contributed by atoms with E-state index >= 15 is 0 Å². The number of carbonyl (C=O) groups excluding carboxylic acids is 2. The average Bonchev–Trinajstić information content (AvgIpc) is 3.35. The lowest BCUT2D eigenvalue weighted by atomic mass is 10.1. The van der Waals surface area contributed by atoms with Gasteiger partial charge < -0.3 is 24.7 Å². The Balaban J connectivity index is 1.58. The molecule has 4 rings (SSSR count). The summed E-state index contributed by atoms with van der Waals surface area (Å²) in [5.41, 5.74) is 1.55. The number of nitrogens with one attached hydrogen (secondary N) is 3. The van der Waals surface area contributed by atoms with Crippen molar-refractivity contribution < 1.29 is 27.9 Å². The molecule has 0 saturated heterocycles. The summed E-state index contributed by atoms with van der Waals surface area (Å²) in [6, 6.07) is 6.26. The van der Waals surface area contributed by atoms with E-state index in [4.69, 9.17) is 4.42 Å². The summed E-state index contributed by atoms with van der Waals surface area (Å²) >= 11 is 0. The van der Waals surface area contributed by atoms with E-state index in [9.17, 15) is 28.3 Å². The molecule has 1 aromatic carbocycles. The Kier molecular flexibility index (Phi) is 7.99. The number of benzene rings is 1. The summed E-state index contributed by atoms with van der Waals surface area (Å²) in [5, 5.41) is 17.8. The fourth-order valence-corrected chi connectivity index (χ4v) is 4.01. The fraction of sp³-hybridized carbons (Fsp3) is 0.320. The van der Waals surface area contributed by atoms with Gasteiger partial charge in [0.15, 0.2) is 11.4 Å². The van der Waals surface area contributed by atoms with Gasteiger partial charge in [0.25, 0.3) is 11.8 Å². The SMILES string of the molecule is CC1CCN(Cc2ccco2)NCCn2cc(C(=O)NCc3ccc(F)cc3F)c(=O)c(O)c2C(=O)N1. The van der Waals surface area contributed by atoms with Crippen LogP contribution in [0.3, 0.4) is 0 Å². The normalized spacial score (nSPS) is 16.9. The van der Waals surface area contributed by atoms with E-state index in [1.165, 1.54) is 16.8 Å². The second kappa shape index (κ2) is 11.4. The third-order valence-electron chi connectivity index (χ3n) is 5.99. The first-order valence-corrected chi connectivity index (χ1v) is 11.7. The van der Waals surface area contributed by atoms with Gasteiger partial charge in [-0.3, -0.25) is 19.8 Å². The van der Waals surface area contributed by atoms with Crippen molar-refractivity contribution in [1.82, 2.24) is 25.6 Å². The number of halogens is 2. The van der Waals surface area contributed by atoms with Crippen LogP contribution in [0.25, 0.3) is 0 Å². The molecule has 2 aromatic heterocycles. The van der Waals surface area contributed by atoms with Gasteiger partial charge in [0.2, 0.25) is 5.43 Å². The zero-order valence-electron chi connectivity index (χ0n) is 20.1. The number of nitrogens with zero attached hydrogens (tertiary/aromatic N) is 2. The zero-order valence-corrected chi connectivity index (χ0v) is 20.1. The Hall–Kier alpha value is -4.03. The van der Waals surface area contributed by atoms with Crippen molar-refractivity contribution in [3.63, 3.8) is 0 Å². The molecule has 1 unspecified atom stereocenters. The van der Waals surface area contributed by atoms with Crippen LogP contribution in [0.4, 0.5) is 8.78 Å². The summed E-state index contributed by atoms with van der Waals surface area (Å²) in [6.07, 6.45) is 3.34. The minimum atomic E-state index is -1.03. The molecule has 196 valence electrons. The van der Waals surface area contributed by atoms with Crippen LogP contribution >= 0.6 is 0 Å². The van der Waals surface area contributed by atoms with E-state index in [0.717, 1.165) is 11.8 Å². The molecule has 3 aromatic rings. The van der Waals surface area contributed by atoms with E-state index in [-0.39, 0.29) is 30.4 Å². The predicted molar refractivity (Wildman–Crippen MR) is 129 cm³/mol. The van der Waals surface area contributed by atoms with Crippen LogP contribution in [-0.4, -0.2) is 45.6 Å². The third kappa shape index (κ3) is 6.22. The number of rotatable bonds is 5. The molecule has 10 nitrogen and oxygen atoms in total. The van der Waals surface area contributed by atoms with Crippen molar-refractivity contribution in [2.24, 2.45) is 0 Å². The van der Waals surface area contributed by atoms with E-state index in [1.807, 2.05) is 11.1 Å². The molecular formula is C25H27F2N5O5. The van der Waals surface area contributed by atoms with Crippen molar-refractivity contribution >= 4 is 11.8 Å². The highest BCUT2D eigenvalue weighted by molar-refractivity contribution is 5.98. The number of hydrogen-bond acceptors (Lipinski definition) is 7. The highest BCUT2D eigenvalue weighted by atomic mass is 19.1. The van der Waals surface area contributed by atoms with Crippen LogP contribution in [0.15, 0.2) is 52.0 Å². The molecular weight excluding hydrogens is 488 g/mol. The first-order chi connectivity index (χ1) is 17.7. The fourth-order valence-electron chi connectivity index (χ4n) is 4.01. The van der Waals surface area contributed by atoms with Gasteiger partial charge in [-0.2, -0.15) is 0 Å². The maximum Gasteiger partial charge on any atom is 0.272 e. The van der Waals surface area contributed by atoms with Crippen LogP contribution in [0.1, 0.15) is 45.5 Å². The lowest BCUT2D eigenvalue weighted by Crippen LogP contribution is -2.41. The molecule has 1 aliphatic heterocycles. The molecule has 0 spiro atoms. The van der Waals surface area contributed by atoms with Crippen molar-refractivity contribution in [2.75, 3.05) is 13.1 Å². The van der Waals surface area contributed by atoms with Gasteiger partial charge in [-0.1, -0.05) is 6.07 Å². The smallest absolute Gasteiger partial charge is 0.272 e. The zero-order chi connectivity index (χ0) is 26.5. The van der Waals surface area contributed by atoms with E-state index in [0.29, 0.717) is 32.1 Å². The largest absolute Gasteiger partial charge is 0.503 e. The number of pyridine rings is 1. The summed E-state index contributed by atoms with van der Waals surface area (Å²) in [4.78, 5) is 38.6. The lowest BCUT2D eigenvalue weighted by Gasteiger charge is -2.23. The Labute approximate surface area is 210 Å². The first-order valence-electron chi connectivity index (χ1n) is 11.7. The van der Waals surface area contributed by atoms with Crippen molar-refractivity contribution in [2.45, 2.75) is 39.0 Å². The molecule has 1 atom stereocenters. The summed E-state index contributed by atoms with van der Waals surface area (Å²) in [5.74, 6) is -3.26. The van der Waals surface area contributed by atoms with Gasteiger partial charge in [0.05, 0.1) is 12.8 Å². The summed E-state index contributed by atoms with van der Waals surface area (Å²) in [6.45, 7) is 2.98. The second-order valence-corrected chi connectivity index (χ2v) is 8.75. The Bertz CT molecular complexity index is 1340. The molecule has 0 aliphatic carbocycles. The number of carbonyl (C=O) groups is 2. The van der Waals surface area contributed by atoms with Crippen LogP contribution in [-0.2, 0) is 19.6 Å². The van der Waals surface area contributed by atoms with Crippen molar-refractivity contribution in [3.8, 4) is 5.75 Å².